The summed E-state index contributed by atoms with van der Waals surface area (Å²) in [4.78, 5) is 2.37. The Morgan fingerprint density at radius 3 is 2.35 bits per heavy atom. The Bertz CT molecular complexity index is 494. The molecule has 0 aliphatic carbocycles. The van der Waals surface area contributed by atoms with Crippen molar-refractivity contribution in [1.82, 2.24) is 0 Å². The molecule has 3 heteroatoms. The summed E-state index contributed by atoms with van der Waals surface area (Å²) in [5, 5.41) is 9.43. The van der Waals surface area contributed by atoms with Gasteiger partial charge in [-0.2, -0.15) is 0 Å². The van der Waals surface area contributed by atoms with Crippen LogP contribution in [0.3, 0.4) is 0 Å². The Morgan fingerprint density at radius 1 is 1.06 bits per heavy atom. The van der Waals surface area contributed by atoms with Gasteiger partial charge in [0.05, 0.1) is 6.10 Å². The number of hydrogen-bond acceptors (Lipinski definition) is 2. The van der Waals surface area contributed by atoms with Gasteiger partial charge in [0.2, 0.25) is 0 Å². The molecule has 88 valence electrons. The van der Waals surface area contributed by atoms with Crippen molar-refractivity contribution in [2.75, 3.05) is 0 Å². The molecule has 1 N–H and O–H groups in total. The first kappa shape index (κ1) is 12.7. The zero-order chi connectivity index (χ0) is 12.3. The maximum absolute atomic E-state index is 9.43. The minimum Gasteiger partial charge on any atom is -0.389 e. The molecule has 0 radical (unpaired) electrons. The van der Waals surface area contributed by atoms with Crippen molar-refractivity contribution in [3.63, 3.8) is 0 Å². The summed E-state index contributed by atoms with van der Waals surface area (Å²) in [6, 6.07) is 16.2. The van der Waals surface area contributed by atoms with Gasteiger partial charge in [-0.05, 0) is 42.8 Å². The van der Waals surface area contributed by atoms with Crippen LogP contribution in [0.25, 0.3) is 0 Å². The van der Waals surface area contributed by atoms with Crippen LogP contribution in [0.2, 0.25) is 0 Å². The second kappa shape index (κ2) is 5.71. The summed E-state index contributed by atoms with van der Waals surface area (Å²) in [5.74, 6) is 0. The van der Waals surface area contributed by atoms with Gasteiger partial charge in [0, 0.05) is 14.3 Å². The lowest BCUT2D eigenvalue weighted by Gasteiger charge is -2.06. The molecule has 2 aromatic carbocycles. The van der Waals surface area contributed by atoms with Crippen LogP contribution >= 0.6 is 27.7 Å². The quantitative estimate of drug-likeness (QED) is 0.890. The van der Waals surface area contributed by atoms with Crippen molar-refractivity contribution < 1.29 is 5.11 Å². The predicted octanol–water partition coefficient (Wildman–Crippen LogP) is 4.65. The van der Waals surface area contributed by atoms with E-state index in [4.69, 9.17) is 0 Å². The minimum absolute atomic E-state index is 0.403. The number of benzene rings is 2. The van der Waals surface area contributed by atoms with E-state index >= 15 is 0 Å². The summed E-state index contributed by atoms with van der Waals surface area (Å²) in [7, 11) is 0. The summed E-state index contributed by atoms with van der Waals surface area (Å²) >= 11 is 5.17. The molecule has 2 rings (SSSR count). The van der Waals surface area contributed by atoms with Crippen LogP contribution in [0.1, 0.15) is 18.6 Å². The molecule has 0 aromatic heterocycles. The monoisotopic (exact) mass is 308 g/mol. The lowest BCUT2D eigenvalue weighted by atomic mass is 10.1. The molecule has 0 heterocycles. The summed E-state index contributed by atoms with van der Waals surface area (Å²) in [5.41, 5.74) is 0.948. The van der Waals surface area contributed by atoms with E-state index in [2.05, 4.69) is 28.1 Å². The standard InChI is InChI=1S/C14H13BrOS/c1-10(16)11-5-7-13(8-6-11)17-14-4-2-3-12(15)9-14/h2-10,16H,1H3. The second-order valence-corrected chi connectivity index (χ2v) is 5.87. The van der Waals surface area contributed by atoms with Gasteiger partial charge in [-0.15, -0.1) is 0 Å². The average molecular weight is 309 g/mol. The zero-order valence-corrected chi connectivity index (χ0v) is 11.8. The number of halogens is 1. The number of aliphatic hydroxyl groups is 1. The average Bonchev–Trinajstić information content (AvgIpc) is 2.29. The van der Waals surface area contributed by atoms with Gasteiger partial charge >= 0.3 is 0 Å². The Hall–Kier alpha value is -0.770. The van der Waals surface area contributed by atoms with E-state index in [1.807, 2.05) is 36.4 Å². The molecule has 1 nitrogen and oxygen atoms in total. The molecule has 0 aliphatic rings. The molecule has 1 atom stereocenters. The van der Waals surface area contributed by atoms with Crippen LogP contribution in [0.4, 0.5) is 0 Å². The SMILES string of the molecule is CC(O)c1ccc(Sc2cccc(Br)c2)cc1. The molecule has 1 unspecified atom stereocenters. The van der Waals surface area contributed by atoms with Crippen molar-refractivity contribution in [2.45, 2.75) is 22.8 Å². The first-order chi connectivity index (χ1) is 8.15. The first-order valence-electron chi connectivity index (χ1n) is 5.36. The van der Waals surface area contributed by atoms with Gasteiger partial charge in [0.1, 0.15) is 0 Å². The molecule has 0 aliphatic heterocycles. The van der Waals surface area contributed by atoms with E-state index in [1.54, 1.807) is 18.7 Å². The van der Waals surface area contributed by atoms with E-state index in [1.165, 1.54) is 9.79 Å². The Morgan fingerprint density at radius 2 is 1.76 bits per heavy atom. The summed E-state index contributed by atoms with van der Waals surface area (Å²) < 4.78 is 1.09. The lowest BCUT2D eigenvalue weighted by Crippen LogP contribution is -1.89. The van der Waals surface area contributed by atoms with E-state index in [0.29, 0.717) is 0 Å². The molecule has 0 spiro atoms. The smallest absolute Gasteiger partial charge is 0.0761 e. The number of aliphatic hydroxyl groups excluding tert-OH is 1. The van der Waals surface area contributed by atoms with Crippen LogP contribution in [0.15, 0.2) is 62.8 Å². The third-order valence-corrected chi connectivity index (χ3v) is 3.89. The molecule has 0 saturated heterocycles. The van der Waals surface area contributed by atoms with Crippen LogP contribution in [0.5, 0.6) is 0 Å². The van der Waals surface area contributed by atoms with Crippen molar-refractivity contribution in [3.8, 4) is 0 Å². The van der Waals surface area contributed by atoms with Gasteiger partial charge in [0.15, 0.2) is 0 Å². The molecule has 0 bridgehead atoms. The lowest BCUT2D eigenvalue weighted by molar-refractivity contribution is 0.199. The number of hydrogen-bond donors (Lipinski definition) is 1. The van der Waals surface area contributed by atoms with Crippen molar-refractivity contribution in [2.24, 2.45) is 0 Å². The van der Waals surface area contributed by atoms with E-state index in [0.717, 1.165) is 10.0 Å². The fourth-order valence-corrected chi connectivity index (χ4v) is 2.91. The highest BCUT2D eigenvalue weighted by molar-refractivity contribution is 9.10. The third kappa shape index (κ3) is 3.60. The highest BCUT2D eigenvalue weighted by atomic mass is 79.9. The Kier molecular flexibility index (Phi) is 4.26. The van der Waals surface area contributed by atoms with Gasteiger partial charge in [-0.25, -0.2) is 0 Å². The minimum atomic E-state index is -0.403. The van der Waals surface area contributed by atoms with Gasteiger partial charge < -0.3 is 5.11 Å². The fourth-order valence-electron chi connectivity index (χ4n) is 1.48. The number of rotatable bonds is 3. The molecule has 0 fully saturated rings. The summed E-state index contributed by atoms with van der Waals surface area (Å²) in [6.45, 7) is 1.77. The van der Waals surface area contributed by atoms with Crippen LogP contribution in [-0.2, 0) is 0 Å². The van der Waals surface area contributed by atoms with E-state index < -0.39 is 6.10 Å². The normalized spacial score (nSPS) is 12.4. The van der Waals surface area contributed by atoms with Crippen molar-refractivity contribution in [3.05, 3.63) is 58.6 Å². The Labute approximate surface area is 114 Å². The molecular weight excluding hydrogens is 296 g/mol. The zero-order valence-electron chi connectivity index (χ0n) is 9.43. The van der Waals surface area contributed by atoms with Gasteiger partial charge in [-0.1, -0.05) is 45.9 Å². The fraction of sp³-hybridized carbons (Fsp3) is 0.143. The predicted molar refractivity (Wildman–Crippen MR) is 75.3 cm³/mol. The summed E-state index contributed by atoms with van der Waals surface area (Å²) in [6.07, 6.45) is -0.403. The highest BCUT2D eigenvalue weighted by Crippen LogP contribution is 2.30. The third-order valence-electron chi connectivity index (χ3n) is 2.39. The molecule has 0 saturated carbocycles. The van der Waals surface area contributed by atoms with Crippen molar-refractivity contribution in [1.29, 1.82) is 0 Å². The Balaban J connectivity index is 2.14. The van der Waals surface area contributed by atoms with E-state index in [-0.39, 0.29) is 0 Å². The van der Waals surface area contributed by atoms with Gasteiger partial charge in [-0.3, -0.25) is 0 Å². The maximum atomic E-state index is 9.43. The van der Waals surface area contributed by atoms with Crippen LogP contribution in [-0.4, -0.2) is 5.11 Å². The second-order valence-electron chi connectivity index (χ2n) is 3.80. The largest absolute Gasteiger partial charge is 0.389 e. The highest BCUT2D eigenvalue weighted by Gasteiger charge is 2.01. The maximum Gasteiger partial charge on any atom is 0.0761 e. The van der Waals surface area contributed by atoms with Crippen LogP contribution in [0, 0.1) is 0 Å². The van der Waals surface area contributed by atoms with Crippen LogP contribution < -0.4 is 0 Å². The first-order valence-corrected chi connectivity index (χ1v) is 6.97. The molecular formula is C14H13BrOS. The molecule has 17 heavy (non-hydrogen) atoms. The van der Waals surface area contributed by atoms with Crippen molar-refractivity contribution >= 4 is 27.7 Å². The topological polar surface area (TPSA) is 20.2 Å². The molecule has 2 aromatic rings. The van der Waals surface area contributed by atoms with Gasteiger partial charge in [0.25, 0.3) is 0 Å². The molecule has 0 amide bonds. The van der Waals surface area contributed by atoms with E-state index in [9.17, 15) is 5.11 Å².